The van der Waals surface area contributed by atoms with E-state index in [4.69, 9.17) is 14.8 Å². The van der Waals surface area contributed by atoms with Crippen molar-refractivity contribution in [2.24, 2.45) is 0 Å². The van der Waals surface area contributed by atoms with Crippen LogP contribution in [0.4, 0.5) is 0 Å². The molecule has 2 aliphatic carbocycles. The van der Waals surface area contributed by atoms with Crippen molar-refractivity contribution < 1.29 is 35.1 Å². The number of unbranched alkanes of at least 4 members (excludes halogenated alkanes) is 1. The number of aliphatic hydroxyl groups is 5. The molecule has 1 amide bonds. The Hall–Kier alpha value is -3.10. The van der Waals surface area contributed by atoms with Crippen LogP contribution in [0.2, 0.25) is 0 Å². The third-order valence-corrected chi connectivity index (χ3v) is 9.75. The Labute approximate surface area is 279 Å². The van der Waals surface area contributed by atoms with E-state index in [1.54, 1.807) is 11.8 Å². The van der Waals surface area contributed by atoms with Crippen LogP contribution in [0.5, 0.6) is 5.75 Å². The molecule has 0 radical (unpaired) electrons. The smallest absolute Gasteiger partial charge is 0.220 e. The van der Waals surface area contributed by atoms with E-state index in [9.17, 15) is 25.2 Å². The first-order chi connectivity index (χ1) is 22.7. The minimum Gasteiger partial charge on any atom is -0.490 e. The normalized spacial score (nSPS) is 17.8. The van der Waals surface area contributed by atoms with Gasteiger partial charge in [-0.2, -0.15) is 0 Å². The molecule has 0 aliphatic heterocycles. The third-order valence-electron chi connectivity index (χ3n) is 8.73. The molecule has 47 heavy (non-hydrogen) atoms. The van der Waals surface area contributed by atoms with Crippen LogP contribution in [0, 0.1) is 6.92 Å². The topological polar surface area (TPSA) is 177 Å². The zero-order chi connectivity index (χ0) is 33.4. The summed E-state index contributed by atoms with van der Waals surface area (Å²) in [6.45, 7) is 1.67. The first kappa shape index (κ1) is 35.2. The molecule has 2 fully saturated rings. The molecule has 7 N–H and O–H groups in total. The Morgan fingerprint density at radius 1 is 1.02 bits per heavy atom. The third kappa shape index (κ3) is 9.50. The number of aliphatic hydroxyl groups excluding tert-OH is 5. The van der Waals surface area contributed by atoms with Crippen LogP contribution in [-0.4, -0.2) is 90.8 Å². The van der Waals surface area contributed by atoms with Gasteiger partial charge in [0.15, 0.2) is 0 Å². The average molecular weight is 667 g/mol. The lowest BCUT2D eigenvalue weighted by Crippen LogP contribution is -2.49. The minimum absolute atomic E-state index is 0.164. The van der Waals surface area contributed by atoms with Crippen LogP contribution < -0.4 is 15.4 Å². The number of rotatable bonds is 19. The van der Waals surface area contributed by atoms with Crippen molar-refractivity contribution >= 4 is 17.7 Å². The zero-order valence-corrected chi connectivity index (χ0v) is 27.5. The van der Waals surface area contributed by atoms with Gasteiger partial charge in [-0.1, -0.05) is 24.3 Å². The fourth-order valence-corrected chi connectivity index (χ4v) is 6.35. The molecular formula is C35H46N4O7S. The van der Waals surface area contributed by atoms with Crippen molar-refractivity contribution in [1.29, 1.82) is 0 Å². The number of carbonyl (C=O) groups excluding carboxylic acids is 1. The fraction of sp³-hybridized carbons (Fsp3) is 0.514. The number of carbonyl (C=O) groups is 1. The summed E-state index contributed by atoms with van der Waals surface area (Å²) in [4.78, 5) is 21.6. The van der Waals surface area contributed by atoms with Gasteiger partial charge in [0, 0.05) is 43.0 Å². The van der Waals surface area contributed by atoms with E-state index in [1.807, 2.05) is 24.5 Å². The van der Waals surface area contributed by atoms with Gasteiger partial charge in [0.05, 0.1) is 29.5 Å². The maximum Gasteiger partial charge on any atom is 0.220 e. The largest absolute Gasteiger partial charge is 0.490 e. The van der Waals surface area contributed by atoms with Crippen molar-refractivity contribution in [3.63, 3.8) is 0 Å². The predicted molar refractivity (Wildman–Crippen MR) is 179 cm³/mol. The van der Waals surface area contributed by atoms with Gasteiger partial charge in [0.25, 0.3) is 0 Å². The van der Waals surface area contributed by atoms with Gasteiger partial charge in [0.1, 0.15) is 24.1 Å². The molecule has 11 nitrogen and oxygen atoms in total. The summed E-state index contributed by atoms with van der Waals surface area (Å²) in [6.07, 6.45) is 3.58. The van der Waals surface area contributed by atoms with Crippen LogP contribution in [0.15, 0.2) is 59.9 Å². The maximum absolute atomic E-state index is 12.2. The zero-order valence-electron chi connectivity index (χ0n) is 26.7. The first-order valence-electron chi connectivity index (χ1n) is 16.4. The second kappa shape index (κ2) is 16.3. The quantitative estimate of drug-likeness (QED) is 0.0739. The maximum atomic E-state index is 12.2. The van der Waals surface area contributed by atoms with E-state index in [-0.39, 0.29) is 24.4 Å². The number of para-hydroxylation sites is 1. The molecule has 4 atom stereocenters. The number of aryl methyl sites for hydroxylation is 1. The van der Waals surface area contributed by atoms with Crippen LogP contribution in [0.3, 0.4) is 0 Å². The van der Waals surface area contributed by atoms with Crippen molar-refractivity contribution in [3.8, 4) is 16.9 Å². The lowest BCUT2D eigenvalue weighted by Gasteiger charge is -2.25. The van der Waals surface area contributed by atoms with E-state index < -0.39 is 31.0 Å². The number of ether oxygens (including phenoxy) is 1. The molecule has 2 heterocycles. The van der Waals surface area contributed by atoms with Crippen molar-refractivity contribution in [3.05, 3.63) is 71.7 Å². The van der Waals surface area contributed by atoms with Crippen molar-refractivity contribution in [1.82, 2.24) is 20.6 Å². The Kier molecular flexibility index (Phi) is 12.2. The van der Waals surface area contributed by atoms with Crippen molar-refractivity contribution in [2.75, 3.05) is 18.9 Å². The second-order valence-corrected chi connectivity index (χ2v) is 13.6. The molecule has 0 spiro atoms. The predicted octanol–water partition coefficient (Wildman–Crippen LogP) is 2.59. The molecule has 4 unspecified atom stereocenters. The molecule has 3 aromatic rings. The SMILES string of the molecule is Cc1ccc(SCCCCC(=O)NCC(O)C(O)C(O)C(O)CO)nc1CNC1(c2cnccc2-c2ccccc2OC2CC2)CC1. The number of hydrogen-bond acceptors (Lipinski definition) is 11. The summed E-state index contributed by atoms with van der Waals surface area (Å²) in [5.74, 6) is 1.42. The fourth-order valence-electron chi connectivity index (χ4n) is 5.45. The minimum atomic E-state index is -1.72. The van der Waals surface area contributed by atoms with Gasteiger partial charge in [-0.15, -0.1) is 11.8 Å². The standard InChI is InChI=1S/C35H46N4O7S/c1-22-9-12-32(47-17-5-4-8-31(43)37-20-28(41)33(44)34(45)29(42)21-40)39-27(22)19-38-35(14-15-35)26-18-36-16-13-24(26)25-6-2-3-7-30(25)46-23-10-11-23/h2-3,6-7,9,12-13,16,18,23,28-29,33-34,38,40-42,44-45H,4-5,8,10-11,14-15,17,19-21H2,1H3,(H,37,43). The number of amides is 1. The van der Waals surface area contributed by atoms with Gasteiger partial charge in [-0.3, -0.25) is 9.78 Å². The summed E-state index contributed by atoms with van der Waals surface area (Å²) in [5.41, 5.74) is 5.39. The van der Waals surface area contributed by atoms with Crippen LogP contribution in [0.25, 0.3) is 11.1 Å². The highest BCUT2D eigenvalue weighted by Crippen LogP contribution is 2.50. The first-order valence-corrected chi connectivity index (χ1v) is 17.3. The molecule has 2 aromatic heterocycles. The molecule has 2 aliphatic rings. The number of aromatic nitrogens is 2. The van der Waals surface area contributed by atoms with E-state index in [1.165, 1.54) is 5.56 Å². The molecule has 12 heteroatoms. The number of thioether (sulfide) groups is 1. The molecule has 1 aromatic carbocycles. The van der Waals surface area contributed by atoms with Gasteiger partial charge in [-0.25, -0.2) is 4.98 Å². The second-order valence-electron chi connectivity index (χ2n) is 12.5. The van der Waals surface area contributed by atoms with Crippen LogP contribution in [-0.2, 0) is 16.9 Å². The average Bonchev–Trinajstić information content (AvgIpc) is 4.04. The Bertz CT molecular complexity index is 1490. The van der Waals surface area contributed by atoms with Crippen LogP contribution in [0.1, 0.15) is 61.8 Å². The Morgan fingerprint density at radius 3 is 2.53 bits per heavy atom. The highest BCUT2D eigenvalue weighted by atomic mass is 32.2. The van der Waals surface area contributed by atoms with E-state index in [0.29, 0.717) is 19.1 Å². The van der Waals surface area contributed by atoms with Gasteiger partial charge in [-0.05, 0) is 86.1 Å². The number of nitrogens with zero attached hydrogens (tertiary/aromatic N) is 2. The van der Waals surface area contributed by atoms with Crippen molar-refractivity contribution in [2.45, 2.75) is 99.5 Å². The summed E-state index contributed by atoms with van der Waals surface area (Å²) in [5, 5.41) is 55.1. The van der Waals surface area contributed by atoms with Gasteiger partial charge in [0.2, 0.25) is 5.91 Å². The Morgan fingerprint density at radius 2 is 1.79 bits per heavy atom. The molecular weight excluding hydrogens is 620 g/mol. The van der Waals surface area contributed by atoms with E-state index in [0.717, 1.165) is 71.0 Å². The number of hydrogen-bond donors (Lipinski definition) is 7. The molecule has 0 bridgehead atoms. The summed E-state index contributed by atoms with van der Waals surface area (Å²) >= 11 is 1.64. The number of pyridine rings is 2. The molecule has 2 saturated carbocycles. The van der Waals surface area contributed by atoms with E-state index in [2.05, 4.69) is 52.9 Å². The lowest BCUT2D eigenvalue weighted by atomic mass is 9.94. The van der Waals surface area contributed by atoms with Gasteiger partial charge < -0.3 is 40.9 Å². The van der Waals surface area contributed by atoms with Gasteiger partial charge >= 0.3 is 0 Å². The molecule has 0 saturated heterocycles. The molecule has 5 rings (SSSR count). The Balaban J connectivity index is 1.09. The molecule has 254 valence electrons. The summed E-state index contributed by atoms with van der Waals surface area (Å²) in [7, 11) is 0. The van der Waals surface area contributed by atoms with Crippen LogP contribution >= 0.6 is 11.8 Å². The summed E-state index contributed by atoms with van der Waals surface area (Å²) in [6, 6.07) is 14.5. The highest BCUT2D eigenvalue weighted by molar-refractivity contribution is 7.99. The number of nitrogens with one attached hydrogen (secondary N) is 2. The number of benzene rings is 1. The lowest BCUT2D eigenvalue weighted by molar-refractivity contribution is -0.126. The monoisotopic (exact) mass is 666 g/mol. The summed E-state index contributed by atoms with van der Waals surface area (Å²) < 4.78 is 6.25. The van der Waals surface area contributed by atoms with E-state index >= 15 is 0 Å². The highest BCUT2D eigenvalue weighted by Gasteiger charge is 2.46.